The van der Waals surface area contributed by atoms with Gasteiger partial charge in [-0.25, -0.2) is 13.1 Å². The molecule has 7 heteroatoms. The number of rotatable bonds is 3. The Morgan fingerprint density at radius 1 is 1.28 bits per heavy atom. The maximum atomic E-state index is 12.1. The Bertz CT molecular complexity index is 516. The lowest BCUT2D eigenvalue weighted by Crippen LogP contribution is -2.37. The summed E-state index contributed by atoms with van der Waals surface area (Å²) in [4.78, 5) is 4.05. The van der Waals surface area contributed by atoms with Crippen molar-refractivity contribution in [1.29, 1.82) is 0 Å². The first-order valence-electron chi connectivity index (χ1n) is 5.74. The summed E-state index contributed by atoms with van der Waals surface area (Å²) in [7, 11) is -3.49. The lowest BCUT2D eigenvalue weighted by atomic mass is 9.96. The van der Waals surface area contributed by atoms with Crippen LogP contribution in [0.25, 0.3) is 0 Å². The highest BCUT2D eigenvalue weighted by Gasteiger charge is 2.25. The van der Waals surface area contributed by atoms with Crippen LogP contribution in [-0.4, -0.2) is 24.8 Å². The third kappa shape index (κ3) is 3.66. The second kappa shape index (κ2) is 5.86. The van der Waals surface area contributed by atoms with Crippen LogP contribution in [0.4, 0.5) is 0 Å². The Morgan fingerprint density at radius 3 is 2.56 bits per heavy atom. The molecule has 0 unspecified atom stereocenters. The molecule has 1 aromatic heterocycles. The number of alkyl halides is 1. The summed E-state index contributed by atoms with van der Waals surface area (Å²) in [5.41, 5.74) is 0. The Hall–Kier alpha value is -0.170. The molecule has 0 bridgehead atoms. The lowest BCUT2D eigenvalue weighted by molar-refractivity contribution is 0.416. The molecule has 100 valence electrons. The molecule has 0 saturated heterocycles. The second-order valence-electron chi connectivity index (χ2n) is 4.41. The summed E-state index contributed by atoms with van der Waals surface area (Å²) in [5.74, 6) is 0. The smallest absolute Gasteiger partial charge is 0.242 e. The number of aromatic nitrogens is 1. The van der Waals surface area contributed by atoms with Crippen molar-refractivity contribution in [3.63, 3.8) is 0 Å². The van der Waals surface area contributed by atoms with Crippen LogP contribution in [0.3, 0.4) is 0 Å². The largest absolute Gasteiger partial charge is 0.262 e. The average molecular weight is 354 g/mol. The van der Waals surface area contributed by atoms with Crippen LogP contribution in [0.5, 0.6) is 0 Å². The van der Waals surface area contributed by atoms with Crippen LogP contribution in [0.15, 0.2) is 27.8 Å². The van der Waals surface area contributed by atoms with Crippen LogP contribution < -0.4 is 4.72 Å². The van der Waals surface area contributed by atoms with Crippen molar-refractivity contribution in [2.75, 3.05) is 0 Å². The van der Waals surface area contributed by atoms with Crippen LogP contribution in [0, 0.1) is 0 Å². The van der Waals surface area contributed by atoms with Gasteiger partial charge >= 0.3 is 0 Å². The van der Waals surface area contributed by atoms with Crippen molar-refractivity contribution in [3.05, 3.63) is 22.9 Å². The lowest BCUT2D eigenvalue weighted by Gasteiger charge is -2.25. The molecule has 1 heterocycles. The molecule has 0 amide bonds. The number of hydrogen-bond acceptors (Lipinski definition) is 3. The van der Waals surface area contributed by atoms with Crippen molar-refractivity contribution in [2.24, 2.45) is 0 Å². The van der Waals surface area contributed by atoms with Gasteiger partial charge in [-0.05, 0) is 47.7 Å². The Kier molecular flexibility index (Phi) is 4.64. The van der Waals surface area contributed by atoms with Gasteiger partial charge in [0.2, 0.25) is 10.0 Å². The summed E-state index contributed by atoms with van der Waals surface area (Å²) in [5, 5.41) is 0.179. The van der Waals surface area contributed by atoms with Crippen molar-refractivity contribution in [3.8, 4) is 0 Å². The van der Waals surface area contributed by atoms with Gasteiger partial charge in [0.1, 0.15) is 4.90 Å². The monoisotopic (exact) mass is 352 g/mol. The minimum absolute atomic E-state index is 0.0241. The molecule has 18 heavy (non-hydrogen) atoms. The van der Waals surface area contributed by atoms with E-state index in [1.165, 1.54) is 6.20 Å². The molecule has 1 aromatic rings. The van der Waals surface area contributed by atoms with Gasteiger partial charge in [-0.15, -0.1) is 11.6 Å². The van der Waals surface area contributed by atoms with E-state index in [9.17, 15) is 8.42 Å². The first kappa shape index (κ1) is 14.2. The normalized spacial score (nSPS) is 25.0. The van der Waals surface area contributed by atoms with Gasteiger partial charge in [-0.2, -0.15) is 0 Å². The predicted octanol–water partition coefficient (Wildman–Crippen LogP) is 2.67. The first-order valence-corrected chi connectivity index (χ1v) is 8.45. The number of nitrogens with zero attached hydrogens (tertiary/aromatic N) is 1. The van der Waals surface area contributed by atoms with Gasteiger partial charge < -0.3 is 0 Å². The zero-order valence-corrected chi connectivity index (χ0v) is 12.8. The first-order chi connectivity index (χ1) is 8.47. The van der Waals surface area contributed by atoms with Gasteiger partial charge in [0.05, 0.1) is 0 Å². The highest BCUT2D eigenvalue weighted by molar-refractivity contribution is 9.10. The molecule has 1 aliphatic carbocycles. The van der Waals surface area contributed by atoms with E-state index in [0.717, 1.165) is 25.7 Å². The highest BCUT2D eigenvalue weighted by atomic mass is 79.9. The van der Waals surface area contributed by atoms with Crippen LogP contribution >= 0.6 is 27.5 Å². The molecule has 1 N–H and O–H groups in total. The fourth-order valence-electron chi connectivity index (χ4n) is 2.00. The quantitative estimate of drug-likeness (QED) is 0.850. The van der Waals surface area contributed by atoms with E-state index in [2.05, 4.69) is 25.6 Å². The van der Waals surface area contributed by atoms with Crippen LogP contribution in [0.1, 0.15) is 25.7 Å². The minimum atomic E-state index is -3.49. The highest BCUT2D eigenvalue weighted by Crippen LogP contribution is 2.24. The molecule has 1 saturated carbocycles. The van der Waals surface area contributed by atoms with Gasteiger partial charge in [-0.1, -0.05) is 0 Å². The molecule has 4 nitrogen and oxygen atoms in total. The van der Waals surface area contributed by atoms with Crippen molar-refractivity contribution < 1.29 is 8.42 Å². The third-order valence-electron chi connectivity index (χ3n) is 2.97. The molecule has 0 spiro atoms. The maximum absolute atomic E-state index is 12.1. The second-order valence-corrected chi connectivity index (χ2v) is 7.66. The van der Waals surface area contributed by atoms with Crippen molar-refractivity contribution >= 4 is 37.6 Å². The molecule has 1 fully saturated rings. The number of pyridine rings is 1. The van der Waals surface area contributed by atoms with Gasteiger partial charge in [0, 0.05) is 28.3 Å². The van der Waals surface area contributed by atoms with Crippen LogP contribution in [-0.2, 0) is 10.0 Å². The van der Waals surface area contributed by atoms with E-state index < -0.39 is 10.0 Å². The molecule has 2 rings (SSSR count). The Morgan fingerprint density at radius 2 is 1.94 bits per heavy atom. The molecule has 0 aliphatic heterocycles. The van der Waals surface area contributed by atoms with E-state index >= 15 is 0 Å². The predicted molar refractivity (Wildman–Crippen MR) is 74.2 cm³/mol. The number of nitrogens with one attached hydrogen (secondary N) is 1. The SMILES string of the molecule is O=S(=O)(NC1CCC(Cl)CC1)c1cncc(Br)c1. The fraction of sp³-hybridized carbons (Fsp3) is 0.545. The standard InChI is InChI=1S/C11H14BrClN2O2S/c12-8-5-11(7-14-6-8)18(16,17)15-10-3-1-9(13)2-4-10/h5-7,9-10,15H,1-4H2. The molecule has 0 radical (unpaired) electrons. The third-order valence-corrected chi connectivity index (χ3v) is 5.33. The fourth-order valence-corrected chi connectivity index (χ4v) is 4.06. The van der Waals surface area contributed by atoms with E-state index in [-0.39, 0.29) is 16.3 Å². The van der Waals surface area contributed by atoms with Gasteiger partial charge in [-0.3, -0.25) is 4.98 Å². The van der Waals surface area contributed by atoms with E-state index in [1.54, 1.807) is 12.3 Å². The summed E-state index contributed by atoms with van der Waals surface area (Å²) in [6.45, 7) is 0. The Balaban J connectivity index is 2.08. The summed E-state index contributed by atoms with van der Waals surface area (Å²) >= 11 is 9.21. The molecule has 0 aromatic carbocycles. The van der Waals surface area contributed by atoms with Crippen LogP contribution in [0.2, 0.25) is 0 Å². The zero-order chi connectivity index (χ0) is 13.2. The number of sulfonamides is 1. The topological polar surface area (TPSA) is 59.1 Å². The maximum Gasteiger partial charge on any atom is 0.242 e. The summed E-state index contributed by atoms with van der Waals surface area (Å²) < 4.78 is 27.6. The molecular weight excluding hydrogens is 340 g/mol. The number of hydrogen-bond donors (Lipinski definition) is 1. The summed E-state index contributed by atoms with van der Waals surface area (Å²) in [6, 6.07) is 1.52. The minimum Gasteiger partial charge on any atom is -0.262 e. The molecular formula is C11H14BrClN2O2S. The van der Waals surface area contributed by atoms with Crippen molar-refractivity contribution in [1.82, 2.24) is 9.71 Å². The molecule has 0 atom stereocenters. The number of halogens is 2. The van der Waals surface area contributed by atoms with Gasteiger partial charge in [0.15, 0.2) is 0 Å². The summed E-state index contributed by atoms with van der Waals surface area (Å²) in [6.07, 6.45) is 6.18. The molecule has 1 aliphatic rings. The van der Waals surface area contributed by atoms with E-state index in [0.29, 0.717) is 4.47 Å². The van der Waals surface area contributed by atoms with E-state index in [1.807, 2.05) is 0 Å². The Labute approximate surface area is 120 Å². The average Bonchev–Trinajstić information content (AvgIpc) is 2.32. The zero-order valence-electron chi connectivity index (χ0n) is 9.64. The van der Waals surface area contributed by atoms with Gasteiger partial charge in [0.25, 0.3) is 0 Å². The van der Waals surface area contributed by atoms with E-state index in [4.69, 9.17) is 11.6 Å². The van der Waals surface area contributed by atoms with Crippen molar-refractivity contribution in [2.45, 2.75) is 42.0 Å².